The summed E-state index contributed by atoms with van der Waals surface area (Å²) in [4.78, 5) is 31.4. The van der Waals surface area contributed by atoms with Crippen LogP contribution in [0.1, 0.15) is 32.4 Å². The molecule has 7 heteroatoms. The molecule has 0 radical (unpaired) electrons. The van der Waals surface area contributed by atoms with E-state index in [-0.39, 0.29) is 30.9 Å². The molecule has 2 aromatic carbocycles. The van der Waals surface area contributed by atoms with Crippen molar-refractivity contribution in [3.05, 3.63) is 94.2 Å². The molecular weight excluding hydrogens is 460 g/mol. The third-order valence-electron chi connectivity index (χ3n) is 6.12. The number of aryl methyl sites for hydroxylation is 1. The molecule has 1 aliphatic heterocycles. The number of benzene rings is 2. The highest BCUT2D eigenvalue weighted by Crippen LogP contribution is 2.34. The largest absolute Gasteiger partial charge is 0.497 e. The van der Waals surface area contributed by atoms with E-state index in [0.29, 0.717) is 24.5 Å². The highest BCUT2D eigenvalue weighted by Gasteiger charge is 2.33. The van der Waals surface area contributed by atoms with E-state index < -0.39 is 0 Å². The van der Waals surface area contributed by atoms with Gasteiger partial charge in [0.25, 0.3) is 5.91 Å². The van der Waals surface area contributed by atoms with E-state index in [1.165, 1.54) is 9.78 Å². The molecule has 6 nitrogen and oxygen atoms in total. The van der Waals surface area contributed by atoms with Crippen molar-refractivity contribution in [1.82, 2.24) is 9.80 Å². The average Bonchev–Trinajstić information content (AvgIpc) is 3.36. The Morgan fingerprint density at radius 1 is 1.17 bits per heavy atom. The van der Waals surface area contributed by atoms with Gasteiger partial charge in [-0.25, -0.2) is 0 Å². The van der Waals surface area contributed by atoms with E-state index in [1.807, 2.05) is 36.1 Å². The fourth-order valence-corrected chi connectivity index (χ4v) is 5.18. The third kappa shape index (κ3) is 5.74. The minimum absolute atomic E-state index is 0.0391. The molecule has 2 amide bonds. The van der Waals surface area contributed by atoms with Gasteiger partial charge in [-0.15, -0.1) is 17.9 Å². The van der Waals surface area contributed by atoms with Gasteiger partial charge in [0.2, 0.25) is 5.91 Å². The predicted molar refractivity (Wildman–Crippen MR) is 138 cm³/mol. The van der Waals surface area contributed by atoms with Gasteiger partial charge >= 0.3 is 0 Å². The topological polar surface area (TPSA) is 59.1 Å². The molecule has 4 rings (SSSR count). The van der Waals surface area contributed by atoms with Crippen LogP contribution < -0.4 is 9.47 Å². The summed E-state index contributed by atoms with van der Waals surface area (Å²) in [7, 11) is 1.56. The van der Waals surface area contributed by atoms with Crippen LogP contribution in [0.3, 0.4) is 0 Å². The van der Waals surface area contributed by atoms with Gasteiger partial charge in [-0.1, -0.05) is 29.8 Å². The molecule has 3 aromatic rings. The molecule has 0 bridgehead atoms. The summed E-state index contributed by atoms with van der Waals surface area (Å²) < 4.78 is 11.4. The smallest absolute Gasteiger partial charge is 0.254 e. The van der Waals surface area contributed by atoms with Crippen LogP contribution in [0.5, 0.6) is 11.5 Å². The molecular formula is C28H30N2O4S. The summed E-state index contributed by atoms with van der Waals surface area (Å²) in [5.41, 5.74) is 2.75. The van der Waals surface area contributed by atoms with Crippen molar-refractivity contribution in [3.8, 4) is 11.5 Å². The maximum Gasteiger partial charge on any atom is 0.254 e. The van der Waals surface area contributed by atoms with Gasteiger partial charge in [-0.3, -0.25) is 9.59 Å². The minimum Gasteiger partial charge on any atom is -0.497 e. The lowest BCUT2D eigenvalue weighted by molar-refractivity contribution is -0.135. The fourth-order valence-electron chi connectivity index (χ4n) is 4.25. The lowest BCUT2D eigenvalue weighted by Crippen LogP contribution is -2.47. The molecule has 2 heterocycles. The number of rotatable bonds is 9. The molecule has 0 N–H and O–H groups in total. The van der Waals surface area contributed by atoms with Gasteiger partial charge in [0, 0.05) is 23.5 Å². The van der Waals surface area contributed by atoms with Crippen LogP contribution >= 0.6 is 11.3 Å². The van der Waals surface area contributed by atoms with Crippen molar-refractivity contribution >= 4 is 23.2 Å². The monoisotopic (exact) mass is 490 g/mol. The Labute approximate surface area is 210 Å². The van der Waals surface area contributed by atoms with E-state index in [4.69, 9.17) is 9.47 Å². The number of carbonyl (C=O) groups excluding carboxylic acids is 2. The molecule has 0 unspecified atom stereocenters. The van der Waals surface area contributed by atoms with Crippen LogP contribution in [0.25, 0.3) is 0 Å². The second-order valence-corrected chi connectivity index (χ2v) is 9.48. The van der Waals surface area contributed by atoms with Crippen molar-refractivity contribution in [2.24, 2.45) is 0 Å². The van der Waals surface area contributed by atoms with E-state index >= 15 is 0 Å². The van der Waals surface area contributed by atoms with Gasteiger partial charge in [-0.2, -0.15) is 0 Å². The number of ether oxygens (including phenoxy) is 2. The van der Waals surface area contributed by atoms with E-state index in [9.17, 15) is 9.59 Å². The maximum absolute atomic E-state index is 13.6. The Kier molecular flexibility index (Phi) is 7.87. The van der Waals surface area contributed by atoms with Gasteiger partial charge in [0.15, 0.2) is 0 Å². The Morgan fingerprint density at radius 2 is 1.97 bits per heavy atom. The van der Waals surface area contributed by atoms with E-state index in [2.05, 4.69) is 18.0 Å². The van der Waals surface area contributed by atoms with Crippen LogP contribution in [-0.2, 0) is 11.2 Å². The van der Waals surface area contributed by atoms with Crippen LogP contribution in [0.4, 0.5) is 0 Å². The summed E-state index contributed by atoms with van der Waals surface area (Å²) in [6.45, 7) is 6.97. The van der Waals surface area contributed by atoms with Crippen molar-refractivity contribution in [2.75, 3.05) is 33.4 Å². The highest BCUT2D eigenvalue weighted by molar-refractivity contribution is 7.10. The van der Waals surface area contributed by atoms with Crippen molar-refractivity contribution in [3.63, 3.8) is 0 Å². The molecule has 1 atom stereocenters. The van der Waals surface area contributed by atoms with Gasteiger partial charge in [-0.05, 0) is 60.7 Å². The fraction of sp³-hybridized carbons (Fsp3) is 0.286. The Bertz CT molecular complexity index is 1190. The van der Waals surface area contributed by atoms with E-state index in [0.717, 1.165) is 23.3 Å². The Hall–Kier alpha value is -3.58. The van der Waals surface area contributed by atoms with Crippen molar-refractivity contribution < 1.29 is 19.1 Å². The zero-order valence-corrected chi connectivity index (χ0v) is 20.9. The summed E-state index contributed by atoms with van der Waals surface area (Å²) in [6.07, 6.45) is 2.43. The Morgan fingerprint density at radius 3 is 2.71 bits per heavy atom. The number of thiophene rings is 1. The number of methoxy groups -OCH3 is 1. The van der Waals surface area contributed by atoms with Crippen LogP contribution in [-0.4, -0.2) is 55.0 Å². The molecule has 0 fully saturated rings. The molecule has 35 heavy (non-hydrogen) atoms. The quantitative estimate of drug-likeness (QED) is 0.401. The number of hydrogen-bond donors (Lipinski definition) is 0. The van der Waals surface area contributed by atoms with Crippen molar-refractivity contribution in [2.45, 2.75) is 19.4 Å². The third-order valence-corrected chi connectivity index (χ3v) is 7.12. The average molecular weight is 491 g/mol. The lowest BCUT2D eigenvalue weighted by atomic mass is 10.0. The van der Waals surface area contributed by atoms with Crippen molar-refractivity contribution in [1.29, 1.82) is 0 Å². The predicted octanol–water partition coefficient (Wildman–Crippen LogP) is 4.90. The first-order valence-electron chi connectivity index (χ1n) is 11.6. The zero-order valence-electron chi connectivity index (χ0n) is 20.1. The highest BCUT2D eigenvalue weighted by atomic mass is 32.1. The summed E-state index contributed by atoms with van der Waals surface area (Å²) in [5, 5.41) is 2.06. The number of amides is 2. The molecule has 0 spiro atoms. The SMILES string of the molecule is C=CCN(CC(=O)N1CCc2sccc2[C@@H]1COc1ccc(C)cc1)C(=O)c1cccc(OC)c1. The van der Waals surface area contributed by atoms with E-state index in [1.54, 1.807) is 48.8 Å². The molecule has 0 saturated carbocycles. The van der Waals surface area contributed by atoms with Gasteiger partial charge in [0.05, 0.1) is 13.2 Å². The molecule has 1 aliphatic rings. The molecule has 0 saturated heterocycles. The number of hydrogen-bond acceptors (Lipinski definition) is 5. The molecule has 1 aromatic heterocycles. The lowest BCUT2D eigenvalue weighted by Gasteiger charge is -2.37. The first-order valence-corrected chi connectivity index (χ1v) is 12.5. The standard InChI is InChI=1S/C28H30N2O4S/c1-4-14-29(28(32)21-6-5-7-23(17-21)33-3)18-27(31)30-15-12-26-24(13-16-35-26)25(30)19-34-22-10-8-20(2)9-11-22/h4-11,13,16-17,25H,1,12,14-15,18-19H2,2-3H3/t25-/m0/s1. The summed E-state index contributed by atoms with van der Waals surface area (Å²) in [5.74, 6) is 1.01. The van der Waals surface area contributed by atoms with Gasteiger partial charge < -0.3 is 19.3 Å². The summed E-state index contributed by atoms with van der Waals surface area (Å²) >= 11 is 1.71. The first kappa shape index (κ1) is 24.5. The first-order chi connectivity index (χ1) is 17.0. The van der Waals surface area contributed by atoms with Crippen LogP contribution in [0.15, 0.2) is 72.6 Å². The maximum atomic E-state index is 13.6. The normalized spacial score (nSPS) is 14.7. The number of nitrogens with zero attached hydrogens (tertiary/aromatic N) is 2. The summed E-state index contributed by atoms with van der Waals surface area (Å²) in [6, 6.07) is 16.7. The second-order valence-electron chi connectivity index (χ2n) is 8.48. The van der Waals surface area contributed by atoms with Crippen LogP contribution in [0.2, 0.25) is 0 Å². The second kappa shape index (κ2) is 11.2. The van der Waals surface area contributed by atoms with Gasteiger partial charge in [0.1, 0.15) is 24.7 Å². The molecule has 182 valence electrons. The minimum atomic E-state index is -0.238. The number of carbonyl (C=O) groups is 2. The Balaban J connectivity index is 1.52. The van der Waals surface area contributed by atoms with Crippen LogP contribution in [0, 0.1) is 6.92 Å². The number of fused-ring (bicyclic) bond motifs is 1. The zero-order chi connectivity index (χ0) is 24.8. The molecule has 0 aliphatic carbocycles.